The third-order valence-electron chi connectivity index (χ3n) is 3.46. The van der Waals surface area contributed by atoms with Gasteiger partial charge in [-0.3, -0.25) is 0 Å². The van der Waals surface area contributed by atoms with E-state index < -0.39 is 6.10 Å². The van der Waals surface area contributed by atoms with Crippen LogP contribution in [0.4, 0.5) is 4.39 Å². The zero-order valence-corrected chi connectivity index (χ0v) is 12.0. The molecule has 0 saturated carbocycles. The van der Waals surface area contributed by atoms with Gasteiger partial charge in [-0.25, -0.2) is 4.39 Å². The lowest BCUT2D eigenvalue weighted by molar-refractivity contribution is 0.107. The van der Waals surface area contributed by atoms with Crippen LogP contribution in [0.5, 0.6) is 5.75 Å². The molecule has 2 rings (SSSR count). The molecule has 0 spiro atoms. The molecular formula is C17H19FO2. The molecule has 2 aromatic rings. The number of aryl methyl sites for hydroxylation is 3. The summed E-state index contributed by atoms with van der Waals surface area (Å²) in [5.41, 5.74) is 3.96. The van der Waals surface area contributed by atoms with Gasteiger partial charge in [-0.2, -0.15) is 0 Å². The Hall–Kier alpha value is -1.87. The van der Waals surface area contributed by atoms with Crippen LogP contribution in [0.1, 0.15) is 28.4 Å². The van der Waals surface area contributed by atoms with Gasteiger partial charge in [-0.05, 0) is 49.1 Å². The molecule has 0 bridgehead atoms. The molecule has 20 heavy (non-hydrogen) atoms. The molecule has 0 amide bonds. The fourth-order valence-corrected chi connectivity index (χ4v) is 1.97. The van der Waals surface area contributed by atoms with Crippen molar-refractivity contribution in [2.24, 2.45) is 0 Å². The van der Waals surface area contributed by atoms with Crippen molar-refractivity contribution in [3.05, 3.63) is 64.5 Å². The molecule has 1 unspecified atom stereocenters. The summed E-state index contributed by atoms with van der Waals surface area (Å²) in [6.07, 6.45) is -0.725. The summed E-state index contributed by atoms with van der Waals surface area (Å²) in [4.78, 5) is 0. The SMILES string of the molecule is Cc1ccc(C(O)COc2cc(F)ccc2C)cc1C. The van der Waals surface area contributed by atoms with E-state index in [1.54, 1.807) is 6.07 Å². The summed E-state index contributed by atoms with van der Waals surface area (Å²) in [6, 6.07) is 10.2. The summed E-state index contributed by atoms with van der Waals surface area (Å²) in [7, 11) is 0. The first kappa shape index (κ1) is 14.5. The van der Waals surface area contributed by atoms with Crippen molar-refractivity contribution < 1.29 is 14.2 Å². The monoisotopic (exact) mass is 274 g/mol. The van der Waals surface area contributed by atoms with Gasteiger partial charge >= 0.3 is 0 Å². The molecule has 2 aromatic carbocycles. The van der Waals surface area contributed by atoms with Crippen molar-refractivity contribution >= 4 is 0 Å². The van der Waals surface area contributed by atoms with Crippen LogP contribution in [-0.4, -0.2) is 11.7 Å². The molecule has 0 heterocycles. The minimum absolute atomic E-state index is 0.104. The molecule has 1 atom stereocenters. The van der Waals surface area contributed by atoms with Gasteiger partial charge < -0.3 is 9.84 Å². The van der Waals surface area contributed by atoms with E-state index in [1.165, 1.54) is 17.7 Å². The topological polar surface area (TPSA) is 29.5 Å². The lowest BCUT2D eigenvalue weighted by Crippen LogP contribution is -2.10. The molecule has 0 aliphatic rings. The summed E-state index contributed by atoms with van der Waals surface area (Å²) in [5.74, 6) is 0.124. The molecule has 3 heteroatoms. The second kappa shape index (κ2) is 6.06. The molecule has 2 nitrogen and oxygen atoms in total. The molecular weight excluding hydrogens is 255 g/mol. The van der Waals surface area contributed by atoms with Gasteiger partial charge in [0.2, 0.25) is 0 Å². The fourth-order valence-electron chi connectivity index (χ4n) is 1.97. The van der Waals surface area contributed by atoms with Crippen molar-refractivity contribution in [1.29, 1.82) is 0 Å². The number of hydrogen-bond acceptors (Lipinski definition) is 2. The van der Waals surface area contributed by atoms with E-state index in [4.69, 9.17) is 4.74 Å². The quantitative estimate of drug-likeness (QED) is 0.917. The number of ether oxygens (including phenoxy) is 1. The van der Waals surface area contributed by atoms with Crippen LogP contribution in [0, 0.1) is 26.6 Å². The minimum Gasteiger partial charge on any atom is -0.490 e. The number of benzene rings is 2. The Kier molecular flexibility index (Phi) is 4.40. The van der Waals surface area contributed by atoms with Gasteiger partial charge in [0, 0.05) is 6.07 Å². The standard InChI is InChI=1S/C17H19FO2/c1-11-4-6-14(8-13(11)3)16(19)10-20-17-9-15(18)7-5-12(17)2/h4-9,16,19H,10H2,1-3H3. The predicted octanol–water partition coefficient (Wildman–Crippen LogP) is 3.86. The van der Waals surface area contributed by atoms with Crippen molar-refractivity contribution in [3.63, 3.8) is 0 Å². The van der Waals surface area contributed by atoms with E-state index in [1.807, 2.05) is 39.0 Å². The van der Waals surface area contributed by atoms with Crippen molar-refractivity contribution in [2.75, 3.05) is 6.61 Å². The number of rotatable bonds is 4. The Morgan fingerprint density at radius 3 is 2.40 bits per heavy atom. The third kappa shape index (κ3) is 3.36. The number of aliphatic hydroxyl groups is 1. The second-order valence-corrected chi connectivity index (χ2v) is 5.08. The van der Waals surface area contributed by atoms with Crippen molar-refractivity contribution in [2.45, 2.75) is 26.9 Å². The lowest BCUT2D eigenvalue weighted by atomic mass is 10.0. The zero-order chi connectivity index (χ0) is 14.7. The van der Waals surface area contributed by atoms with Gasteiger partial charge in [0.15, 0.2) is 0 Å². The van der Waals surface area contributed by atoms with Crippen LogP contribution >= 0.6 is 0 Å². The maximum atomic E-state index is 13.1. The Bertz CT molecular complexity index is 608. The largest absolute Gasteiger partial charge is 0.490 e. The highest BCUT2D eigenvalue weighted by atomic mass is 19.1. The highest BCUT2D eigenvalue weighted by molar-refractivity contribution is 5.33. The average molecular weight is 274 g/mol. The number of hydrogen-bond donors (Lipinski definition) is 1. The summed E-state index contributed by atoms with van der Waals surface area (Å²) in [6.45, 7) is 5.98. The normalized spacial score (nSPS) is 12.2. The van der Waals surface area contributed by atoms with Gasteiger partial charge in [-0.1, -0.05) is 24.3 Å². The van der Waals surface area contributed by atoms with E-state index in [9.17, 15) is 9.50 Å². The van der Waals surface area contributed by atoms with Crippen molar-refractivity contribution in [3.8, 4) is 5.75 Å². The van der Waals surface area contributed by atoms with Crippen LogP contribution in [-0.2, 0) is 0 Å². The van der Waals surface area contributed by atoms with Gasteiger partial charge in [-0.15, -0.1) is 0 Å². The first-order chi connectivity index (χ1) is 9.47. The van der Waals surface area contributed by atoms with E-state index >= 15 is 0 Å². The van der Waals surface area contributed by atoms with Crippen LogP contribution < -0.4 is 4.74 Å². The highest BCUT2D eigenvalue weighted by Crippen LogP contribution is 2.22. The second-order valence-electron chi connectivity index (χ2n) is 5.08. The molecule has 0 aliphatic heterocycles. The first-order valence-electron chi connectivity index (χ1n) is 6.61. The van der Waals surface area contributed by atoms with E-state index in [-0.39, 0.29) is 12.4 Å². The fraction of sp³-hybridized carbons (Fsp3) is 0.294. The van der Waals surface area contributed by atoms with E-state index in [2.05, 4.69) is 0 Å². The maximum Gasteiger partial charge on any atom is 0.126 e. The molecule has 1 N–H and O–H groups in total. The third-order valence-corrected chi connectivity index (χ3v) is 3.46. The Labute approximate surface area is 118 Å². The predicted molar refractivity (Wildman–Crippen MR) is 77.5 cm³/mol. The average Bonchev–Trinajstić information content (AvgIpc) is 2.42. The molecule has 0 aromatic heterocycles. The summed E-state index contributed by atoms with van der Waals surface area (Å²) < 4.78 is 18.7. The Balaban J connectivity index is 2.06. The van der Waals surface area contributed by atoms with Crippen LogP contribution in [0.3, 0.4) is 0 Å². The van der Waals surface area contributed by atoms with E-state index in [0.29, 0.717) is 5.75 Å². The Morgan fingerprint density at radius 1 is 1.00 bits per heavy atom. The number of aliphatic hydroxyl groups excluding tert-OH is 1. The van der Waals surface area contributed by atoms with Gasteiger partial charge in [0.05, 0.1) is 0 Å². The molecule has 0 aliphatic carbocycles. The lowest BCUT2D eigenvalue weighted by Gasteiger charge is -2.15. The summed E-state index contributed by atoms with van der Waals surface area (Å²) >= 11 is 0. The van der Waals surface area contributed by atoms with Crippen LogP contribution in [0.15, 0.2) is 36.4 Å². The number of halogens is 1. The first-order valence-corrected chi connectivity index (χ1v) is 6.61. The molecule has 0 saturated heterocycles. The van der Waals surface area contributed by atoms with E-state index in [0.717, 1.165) is 16.7 Å². The Morgan fingerprint density at radius 2 is 1.70 bits per heavy atom. The van der Waals surface area contributed by atoms with Crippen LogP contribution in [0.25, 0.3) is 0 Å². The van der Waals surface area contributed by atoms with Gasteiger partial charge in [0.1, 0.15) is 24.3 Å². The van der Waals surface area contributed by atoms with Crippen molar-refractivity contribution in [1.82, 2.24) is 0 Å². The molecule has 106 valence electrons. The summed E-state index contributed by atoms with van der Waals surface area (Å²) in [5, 5.41) is 10.1. The van der Waals surface area contributed by atoms with Gasteiger partial charge in [0.25, 0.3) is 0 Å². The zero-order valence-electron chi connectivity index (χ0n) is 12.0. The molecule has 0 radical (unpaired) electrons. The highest BCUT2D eigenvalue weighted by Gasteiger charge is 2.10. The molecule has 0 fully saturated rings. The maximum absolute atomic E-state index is 13.1. The smallest absolute Gasteiger partial charge is 0.126 e. The van der Waals surface area contributed by atoms with Crippen LogP contribution in [0.2, 0.25) is 0 Å². The minimum atomic E-state index is -0.725.